The molecule has 1 unspecified atom stereocenters. The predicted molar refractivity (Wildman–Crippen MR) is 98.9 cm³/mol. The molecule has 6 heteroatoms. The molecule has 4 aliphatic carbocycles. The van der Waals surface area contributed by atoms with Gasteiger partial charge in [-0.05, 0) is 68.1 Å². The van der Waals surface area contributed by atoms with E-state index in [1.807, 2.05) is 0 Å². The van der Waals surface area contributed by atoms with Gasteiger partial charge in [-0.3, -0.25) is 9.69 Å². The van der Waals surface area contributed by atoms with Gasteiger partial charge in [0.05, 0.1) is 19.8 Å². The first-order valence-electron chi connectivity index (χ1n) is 10.7. The molecule has 1 atom stereocenters. The number of carbonyl (C=O) groups excluding carboxylic acids is 1. The molecule has 1 aliphatic heterocycles. The van der Waals surface area contributed by atoms with Crippen LogP contribution in [0.15, 0.2) is 0 Å². The average Bonchev–Trinajstić information content (AvgIpc) is 2.58. The third kappa shape index (κ3) is 5.59. The Morgan fingerprint density at radius 3 is 2.26 bits per heavy atom. The molecule has 5 nitrogen and oxygen atoms in total. The number of ether oxygens (including phenoxy) is 3. The summed E-state index contributed by atoms with van der Waals surface area (Å²) in [5.41, 5.74) is 0.565. The van der Waals surface area contributed by atoms with Gasteiger partial charge in [-0.1, -0.05) is 0 Å². The van der Waals surface area contributed by atoms with Crippen LogP contribution in [0.4, 0.5) is 0 Å². The standard InChI is InChI=1S/C21H35NO4.ClH/c1-16(23)26-20(14-22-3-6-24-7-4-22)15-25-5-2-21-11-17-8-18(12-21)10-19(9-17)13-21;/h17-20H,2-15H2,1H3;1H/p-1. The van der Waals surface area contributed by atoms with Crippen LogP contribution in [0.2, 0.25) is 0 Å². The molecule has 4 bridgehead atoms. The second-order valence-corrected chi connectivity index (χ2v) is 9.39. The van der Waals surface area contributed by atoms with E-state index in [2.05, 4.69) is 4.90 Å². The van der Waals surface area contributed by atoms with Crippen molar-refractivity contribution in [1.82, 2.24) is 4.90 Å². The maximum Gasteiger partial charge on any atom is 0.303 e. The van der Waals surface area contributed by atoms with Crippen LogP contribution in [-0.2, 0) is 19.0 Å². The Morgan fingerprint density at radius 1 is 1.11 bits per heavy atom. The molecule has 4 saturated carbocycles. The number of halogens is 1. The van der Waals surface area contributed by atoms with Crippen LogP contribution in [0.3, 0.4) is 0 Å². The monoisotopic (exact) mass is 400 g/mol. The second kappa shape index (κ2) is 9.43. The van der Waals surface area contributed by atoms with E-state index in [0.29, 0.717) is 12.0 Å². The maximum atomic E-state index is 11.4. The minimum absolute atomic E-state index is 0. The van der Waals surface area contributed by atoms with Crippen LogP contribution in [-0.4, -0.2) is 63.0 Å². The molecule has 0 aromatic carbocycles. The minimum Gasteiger partial charge on any atom is -1.00 e. The van der Waals surface area contributed by atoms with Gasteiger partial charge in [0, 0.05) is 33.2 Å². The zero-order valence-corrected chi connectivity index (χ0v) is 17.4. The molecule has 0 aromatic heterocycles. The van der Waals surface area contributed by atoms with Crippen LogP contribution in [0, 0.1) is 23.2 Å². The lowest BCUT2D eigenvalue weighted by Crippen LogP contribution is -3.00. The molecule has 5 fully saturated rings. The Balaban J connectivity index is 0.00000210. The van der Waals surface area contributed by atoms with E-state index >= 15 is 0 Å². The molecule has 1 saturated heterocycles. The Morgan fingerprint density at radius 2 is 1.70 bits per heavy atom. The highest BCUT2D eigenvalue weighted by Gasteiger charge is 2.50. The summed E-state index contributed by atoms with van der Waals surface area (Å²) in [7, 11) is 0. The number of morpholine rings is 1. The molecule has 0 aromatic rings. The molecule has 0 radical (unpaired) electrons. The fraction of sp³-hybridized carbons (Fsp3) is 0.952. The summed E-state index contributed by atoms with van der Waals surface area (Å²) in [5, 5.41) is 0. The van der Waals surface area contributed by atoms with Crippen LogP contribution in [0.25, 0.3) is 0 Å². The Bertz CT molecular complexity index is 459. The van der Waals surface area contributed by atoms with Gasteiger partial charge in [-0.25, -0.2) is 0 Å². The molecule has 156 valence electrons. The van der Waals surface area contributed by atoms with Gasteiger partial charge < -0.3 is 26.6 Å². The zero-order chi connectivity index (χ0) is 18.0. The first-order valence-corrected chi connectivity index (χ1v) is 10.7. The summed E-state index contributed by atoms with van der Waals surface area (Å²) in [6.07, 6.45) is 9.82. The van der Waals surface area contributed by atoms with Crippen LogP contribution in [0.1, 0.15) is 51.9 Å². The Labute approximate surface area is 169 Å². The van der Waals surface area contributed by atoms with E-state index in [4.69, 9.17) is 14.2 Å². The number of hydrogen-bond acceptors (Lipinski definition) is 5. The first-order chi connectivity index (χ1) is 12.6. The van der Waals surface area contributed by atoms with Gasteiger partial charge in [-0.2, -0.15) is 0 Å². The van der Waals surface area contributed by atoms with Crippen molar-refractivity contribution in [2.24, 2.45) is 23.2 Å². The third-order valence-corrected chi connectivity index (χ3v) is 7.14. The topological polar surface area (TPSA) is 48.0 Å². The minimum atomic E-state index is -0.215. The molecule has 5 aliphatic rings. The highest BCUT2D eigenvalue weighted by molar-refractivity contribution is 5.66. The average molecular weight is 401 g/mol. The van der Waals surface area contributed by atoms with Crippen LogP contribution >= 0.6 is 0 Å². The first kappa shape index (κ1) is 21.4. The maximum absolute atomic E-state index is 11.4. The van der Waals surface area contributed by atoms with Crippen molar-refractivity contribution in [1.29, 1.82) is 0 Å². The van der Waals surface area contributed by atoms with Crippen molar-refractivity contribution in [3.8, 4) is 0 Å². The molecular weight excluding hydrogens is 366 g/mol. The quantitative estimate of drug-likeness (QED) is 0.420. The van der Waals surface area contributed by atoms with E-state index in [1.165, 1.54) is 51.9 Å². The van der Waals surface area contributed by atoms with E-state index in [1.54, 1.807) is 0 Å². The normalized spacial score (nSPS) is 36.3. The van der Waals surface area contributed by atoms with Gasteiger partial charge in [0.2, 0.25) is 0 Å². The molecule has 0 amide bonds. The number of rotatable bonds is 8. The number of esters is 1. The van der Waals surface area contributed by atoms with Crippen LogP contribution < -0.4 is 12.4 Å². The molecule has 0 N–H and O–H groups in total. The van der Waals surface area contributed by atoms with Crippen molar-refractivity contribution in [3.05, 3.63) is 0 Å². The lowest BCUT2D eigenvalue weighted by atomic mass is 9.49. The fourth-order valence-corrected chi connectivity index (χ4v) is 6.53. The van der Waals surface area contributed by atoms with Crippen molar-refractivity contribution < 1.29 is 31.4 Å². The smallest absolute Gasteiger partial charge is 0.303 e. The van der Waals surface area contributed by atoms with Gasteiger partial charge >= 0.3 is 5.97 Å². The molecule has 1 heterocycles. The van der Waals surface area contributed by atoms with Crippen molar-refractivity contribution >= 4 is 5.97 Å². The molecule has 27 heavy (non-hydrogen) atoms. The summed E-state index contributed by atoms with van der Waals surface area (Å²) in [6, 6.07) is 0. The van der Waals surface area contributed by atoms with E-state index < -0.39 is 0 Å². The Hall–Kier alpha value is -0.360. The second-order valence-electron chi connectivity index (χ2n) is 9.39. The van der Waals surface area contributed by atoms with Gasteiger partial charge in [-0.15, -0.1) is 0 Å². The molecule has 0 spiro atoms. The van der Waals surface area contributed by atoms with E-state index in [-0.39, 0.29) is 24.5 Å². The summed E-state index contributed by atoms with van der Waals surface area (Å²) in [6.45, 7) is 6.91. The lowest BCUT2D eigenvalue weighted by Gasteiger charge is -2.57. The summed E-state index contributed by atoms with van der Waals surface area (Å²) in [4.78, 5) is 13.7. The van der Waals surface area contributed by atoms with Crippen LogP contribution in [0.5, 0.6) is 0 Å². The SMILES string of the molecule is CC(=O)OC(COCCC12CC3CC(CC(C3)C1)C2)CN1CCOCC1.[Cl-]. The zero-order valence-electron chi connectivity index (χ0n) is 16.7. The number of nitrogens with zero attached hydrogens (tertiary/aromatic N) is 1. The number of hydrogen-bond donors (Lipinski definition) is 0. The fourth-order valence-electron chi connectivity index (χ4n) is 6.53. The third-order valence-electron chi connectivity index (χ3n) is 7.14. The van der Waals surface area contributed by atoms with Crippen molar-refractivity contribution in [2.45, 2.75) is 58.0 Å². The lowest BCUT2D eigenvalue weighted by molar-refractivity contribution is -0.151. The molecule has 5 rings (SSSR count). The van der Waals surface area contributed by atoms with Gasteiger partial charge in [0.1, 0.15) is 6.10 Å². The van der Waals surface area contributed by atoms with Gasteiger partial charge in [0.15, 0.2) is 0 Å². The highest BCUT2D eigenvalue weighted by atomic mass is 35.5. The van der Waals surface area contributed by atoms with E-state index in [9.17, 15) is 4.79 Å². The highest BCUT2D eigenvalue weighted by Crippen LogP contribution is 2.61. The summed E-state index contributed by atoms with van der Waals surface area (Å²) < 4.78 is 16.9. The van der Waals surface area contributed by atoms with Crippen molar-refractivity contribution in [2.75, 3.05) is 46.1 Å². The molecular formula is C21H35ClNO4-. The van der Waals surface area contributed by atoms with Crippen molar-refractivity contribution in [3.63, 3.8) is 0 Å². The van der Waals surface area contributed by atoms with E-state index in [0.717, 1.165) is 57.2 Å². The largest absolute Gasteiger partial charge is 1.00 e. The van der Waals surface area contributed by atoms with Gasteiger partial charge in [0.25, 0.3) is 0 Å². The predicted octanol–water partition coefficient (Wildman–Crippen LogP) is -0.123. The summed E-state index contributed by atoms with van der Waals surface area (Å²) >= 11 is 0. The summed E-state index contributed by atoms with van der Waals surface area (Å²) in [5.74, 6) is 2.78. The number of carbonyl (C=O) groups is 1. The Kier molecular flexibility index (Phi) is 7.45.